The molecule has 8 aliphatic rings. The van der Waals surface area contributed by atoms with Gasteiger partial charge in [-0.3, -0.25) is 0 Å². The van der Waals surface area contributed by atoms with Gasteiger partial charge in [0.25, 0.3) is 0 Å². The molecule has 8 aliphatic carbocycles. The quantitative estimate of drug-likeness (QED) is 0.294. The van der Waals surface area contributed by atoms with Crippen LogP contribution in [-0.4, -0.2) is 13.1 Å². The van der Waals surface area contributed by atoms with E-state index in [1.165, 1.54) is 77.0 Å². The van der Waals surface area contributed by atoms with Crippen LogP contribution in [0.1, 0.15) is 158 Å². The summed E-state index contributed by atoms with van der Waals surface area (Å²) in [6.45, 7) is 12.3. The Balaban J connectivity index is 0.000000153. The maximum atomic E-state index is 3.56. The zero-order valence-corrected chi connectivity index (χ0v) is 29.3. The highest BCUT2D eigenvalue weighted by atomic mass is 14.9. The van der Waals surface area contributed by atoms with Crippen molar-refractivity contribution < 1.29 is 0 Å². The van der Waals surface area contributed by atoms with E-state index in [1.807, 2.05) is 5.57 Å². The highest BCUT2D eigenvalue weighted by Crippen LogP contribution is 2.65. The van der Waals surface area contributed by atoms with Crippen LogP contribution in [0.2, 0.25) is 0 Å². The first-order chi connectivity index (χ1) is 20.8. The van der Waals surface area contributed by atoms with Crippen molar-refractivity contribution in [3.8, 4) is 0 Å². The first-order valence-corrected chi connectivity index (χ1v) is 19.8. The summed E-state index contributed by atoms with van der Waals surface area (Å²) >= 11 is 0. The van der Waals surface area contributed by atoms with Gasteiger partial charge in [0.2, 0.25) is 0 Å². The minimum absolute atomic E-state index is 0. The Morgan fingerprint density at radius 3 is 1.55 bits per heavy atom. The summed E-state index contributed by atoms with van der Waals surface area (Å²) in [5.74, 6) is 11.7. The molecule has 0 aliphatic heterocycles. The Hall–Kier alpha value is -0.560. The number of hydrogen-bond acceptors (Lipinski definition) is 1. The van der Waals surface area contributed by atoms with E-state index in [-0.39, 0.29) is 7.43 Å². The Kier molecular flexibility index (Phi) is 9.97. The minimum atomic E-state index is 0. The van der Waals surface area contributed by atoms with Gasteiger partial charge in [-0.1, -0.05) is 57.9 Å². The molecule has 0 aromatic carbocycles. The van der Waals surface area contributed by atoms with Gasteiger partial charge in [0.1, 0.15) is 0 Å². The molecule has 0 heterocycles. The second-order valence-corrected chi connectivity index (χ2v) is 18.2. The van der Waals surface area contributed by atoms with E-state index in [0.717, 1.165) is 71.1 Å². The molecule has 0 spiro atoms. The molecule has 0 unspecified atom stereocenters. The Labute approximate surface area is 274 Å². The van der Waals surface area contributed by atoms with Crippen LogP contribution in [0.25, 0.3) is 0 Å². The van der Waals surface area contributed by atoms with Gasteiger partial charge in [0.05, 0.1) is 0 Å². The van der Waals surface area contributed by atoms with Gasteiger partial charge in [0.15, 0.2) is 0 Å². The molecule has 0 amide bonds. The normalized spacial score (nSPS) is 52.7. The number of rotatable bonds is 1. The number of hydrogen-bond donors (Lipinski definition) is 1. The number of allylic oxidation sites excluding steroid dienone is 4. The lowest BCUT2D eigenvalue weighted by Gasteiger charge is -2.55. The van der Waals surface area contributed by atoms with Crippen LogP contribution >= 0.6 is 0 Å². The van der Waals surface area contributed by atoms with Crippen LogP contribution in [0.4, 0.5) is 0 Å². The molecule has 1 N–H and O–H groups in total. The summed E-state index contributed by atoms with van der Waals surface area (Å²) in [4.78, 5) is 0. The molecular weight excluding hydrogens is 530 g/mol. The van der Waals surface area contributed by atoms with Crippen molar-refractivity contribution in [3.63, 3.8) is 0 Å². The predicted molar refractivity (Wildman–Crippen MR) is 190 cm³/mol. The maximum absolute atomic E-state index is 3.56. The monoisotopic (exact) mass is 604 g/mol. The highest BCUT2D eigenvalue weighted by Gasteiger charge is 2.56. The molecule has 8 saturated carbocycles. The number of nitrogens with one attached hydrogen (secondary N) is 1. The lowest BCUT2D eigenvalue weighted by molar-refractivity contribution is -0.0470. The van der Waals surface area contributed by atoms with Crippen molar-refractivity contribution in [2.75, 3.05) is 7.05 Å². The van der Waals surface area contributed by atoms with Crippen LogP contribution in [-0.2, 0) is 0 Å². The Bertz CT molecular complexity index is 1050. The first kappa shape index (κ1) is 33.3. The minimum Gasteiger partial charge on any atom is -0.317 e. The van der Waals surface area contributed by atoms with E-state index in [9.17, 15) is 0 Å². The van der Waals surface area contributed by atoms with Gasteiger partial charge < -0.3 is 5.32 Å². The second-order valence-electron chi connectivity index (χ2n) is 18.2. The Morgan fingerprint density at radius 2 is 1.05 bits per heavy atom. The van der Waals surface area contributed by atoms with Crippen LogP contribution in [0.5, 0.6) is 0 Å². The molecule has 8 rings (SSSR count). The van der Waals surface area contributed by atoms with E-state index < -0.39 is 0 Å². The fourth-order valence-electron chi connectivity index (χ4n) is 14.8. The molecule has 8 fully saturated rings. The van der Waals surface area contributed by atoms with Gasteiger partial charge in [-0.25, -0.2) is 0 Å². The van der Waals surface area contributed by atoms with Crippen molar-refractivity contribution in [3.05, 3.63) is 23.3 Å². The molecule has 0 aromatic heterocycles. The largest absolute Gasteiger partial charge is 0.317 e. The van der Waals surface area contributed by atoms with Crippen molar-refractivity contribution in [1.82, 2.24) is 5.32 Å². The van der Waals surface area contributed by atoms with Crippen LogP contribution < -0.4 is 5.32 Å². The molecule has 44 heavy (non-hydrogen) atoms. The van der Waals surface area contributed by atoms with E-state index in [4.69, 9.17) is 0 Å². The van der Waals surface area contributed by atoms with Gasteiger partial charge in [0, 0.05) is 6.04 Å². The third-order valence-electron chi connectivity index (χ3n) is 17.0. The summed E-state index contributed by atoms with van der Waals surface area (Å²) in [6.07, 6.45) is 32.0. The average Bonchev–Trinajstić information content (AvgIpc) is 3.56. The average molecular weight is 604 g/mol. The third kappa shape index (κ3) is 5.46. The van der Waals surface area contributed by atoms with Crippen molar-refractivity contribution >= 4 is 0 Å². The van der Waals surface area contributed by atoms with Crippen molar-refractivity contribution in [1.29, 1.82) is 0 Å². The van der Waals surface area contributed by atoms with Crippen molar-refractivity contribution in [2.45, 2.75) is 164 Å². The molecule has 1 nitrogen and oxygen atoms in total. The molecule has 0 saturated heterocycles. The van der Waals surface area contributed by atoms with Crippen molar-refractivity contribution in [2.24, 2.45) is 75.9 Å². The zero-order valence-electron chi connectivity index (χ0n) is 29.3. The lowest BCUT2D eigenvalue weighted by Crippen LogP contribution is -2.49. The van der Waals surface area contributed by atoms with Crippen LogP contribution in [0, 0.1) is 75.9 Å². The van der Waals surface area contributed by atoms with Gasteiger partial charge >= 0.3 is 0 Å². The summed E-state index contributed by atoms with van der Waals surface area (Å²) in [5, 5.41) is 3.56. The summed E-state index contributed by atoms with van der Waals surface area (Å²) in [7, 11) is 2.17. The highest BCUT2D eigenvalue weighted by molar-refractivity contribution is 5.24. The summed E-state index contributed by atoms with van der Waals surface area (Å²) in [5.41, 5.74) is 4.78. The summed E-state index contributed by atoms with van der Waals surface area (Å²) < 4.78 is 0. The molecule has 0 aromatic rings. The second kappa shape index (κ2) is 13.2. The number of fused-ring (bicyclic) bond motifs is 10. The third-order valence-corrected chi connectivity index (χ3v) is 17.0. The molecule has 0 bridgehead atoms. The lowest BCUT2D eigenvalue weighted by atomic mass is 9.50. The smallest absolute Gasteiger partial charge is 0.00669 e. The molecule has 1 heteroatoms. The van der Waals surface area contributed by atoms with E-state index in [2.05, 4.69) is 59.1 Å². The first-order valence-electron chi connectivity index (χ1n) is 19.8. The van der Waals surface area contributed by atoms with Crippen LogP contribution in [0.3, 0.4) is 0 Å². The zero-order chi connectivity index (χ0) is 29.9. The van der Waals surface area contributed by atoms with Gasteiger partial charge in [-0.15, -0.1) is 0 Å². The van der Waals surface area contributed by atoms with Gasteiger partial charge in [-0.2, -0.15) is 0 Å². The fraction of sp³-hybridized carbons (Fsp3) is 0.907. The van der Waals surface area contributed by atoms with E-state index in [0.29, 0.717) is 10.8 Å². The molecule has 14 atom stereocenters. The van der Waals surface area contributed by atoms with Crippen LogP contribution in [0.15, 0.2) is 23.3 Å². The van der Waals surface area contributed by atoms with E-state index in [1.54, 1.807) is 44.1 Å². The SMILES string of the molecule is C.CC=C1CC[C@H]2[C@@H]3CC[C@@H]4C[C@@H](C)CC[C@@H]4[C@H]3CC[C@]12C.CC=C1CC[C@H]2[C@@H]3CC[C@@H]4C[C@H](NC)CC[C@@H]4[C@H]3CC[C@]12C. The topological polar surface area (TPSA) is 12.0 Å². The maximum Gasteiger partial charge on any atom is 0.00669 e. The van der Waals surface area contributed by atoms with Gasteiger partial charge in [-0.05, 0) is 206 Å². The molecular formula is C43H73N. The van der Waals surface area contributed by atoms with E-state index >= 15 is 0 Å². The fourth-order valence-corrected chi connectivity index (χ4v) is 14.8. The Morgan fingerprint density at radius 1 is 0.568 bits per heavy atom. The standard InChI is InChI=1S/C21H35N.C21H34.CH4/c1-4-15-6-10-20-19-8-5-14-13-16(22-3)7-9-17(14)18(19)11-12-21(15,20)2;1-4-16-7-10-20-19-9-6-15-13-14(2)5-8-17(15)18(19)11-12-21(16,20)3;/h4,14,16-20,22H,5-13H2,1-3H3;4,14-15,17-20H,5-13H2,1-3H3;1H4/t14-,16-,17+,18-,19-,20+,21-;14-,15+,17-,18+,19+,20-,21+;/m10./s1. The molecule has 0 radical (unpaired) electrons. The molecule has 250 valence electrons. The predicted octanol–water partition coefficient (Wildman–Crippen LogP) is 12.0. The summed E-state index contributed by atoms with van der Waals surface area (Å²) in [6, 6.07) is 0.813.